The monoisotopic (exact) mass is 427 g/mol. The van der Waals surface area contributed by atoms with Crippen molar-refractivity contribution in [3.05, 3.63) is 58.7 Å². The van der Waals surface area contributed by atoms with E-state index in [2.05, 4.69) is 25.9 Å². The molecule has 1 fully saturated rings. The van der Waals surface area contributed by atoms with Gasteiger partial charge in [-0.2, -0.15) is 0 Å². The normalized spacial score (nSPS) is 19.2. The third-order valence-corrected chi connectivity index (χ3v) is 6.22. The zero-order valence-electron chi connectivity index (χ0n) is 16.2. The maximum atomic E-state index is 12.2. The first-order valence-corrected chi connectivity index (χ1v) is 10.8. The molecule has 3 aromatic rings. The van der Waals surface area contributed by atoms with Gasteiger partial charge in [-0.05, 0) is 43.7 Å². The van der Waals surface area contributed by atoms with Crippen LogP contribution in [0, 0.1) is 13.8 Å². The van der Waals surface area contributed by atoms with Crippen LogP contribution in [0.1, 0.15) is 17.7 Å². The Balaban J connectivity index is 1.44. The molecule has 2 aromatic carbocycles. The van der Waals surface area contributed by atoms with Gasteiger partial charge in [-0.15, -0.1) is 11.8 Å². The summed E-state index contributed by atoms with van der Waals surface area (Å²) in [7, 11) is 0. The number of aromatic nitrogens is 2. The van der Waals surface area contributed by atoms with Gasteiger partial charge in [0.25, 0.3) is 0 Å². The Morgan fingerprint density at radius 3 is 2.76 bits per heavy atom. The predicted molar refractivity (Wildman–Crippen MR) is 118 cm³/mol. The van der Waals surface area contributed by atoms with Gasteiger partial charge in [-0.1, -0.05) is 29.8 Å². The first-order valence-electron chi connectivity index (χ1n) is 9.42. The number of carbonyl (C=O) groups is 1. The van der Waals surface area contributed by atoms with Crippen molar-refractivity contribution in [1.82, 2.24) is 20.6 Å². The summed E-state index contributed by atoms with van der Waals surface area (Å²) in [6.07, 6.45) is 0.00287. The Kier molecular flexibility index (Phi) is 5.89. The van der Waals surface area contributed by atoms with Crippen molar-refractivity contribution < 1.29 is 4.79 Å². The Bertz CT molecular complexity index is 1040. The molecule has 1 aliphatic rings. The predicted octanol–water partition coefficient (Wildman–Crippen LogP) is 3.87. The molecule has 0 radical (unpaired) electrons. The lowest BCUT2D eigenvalue weighted by Gasteiger charge is -2.32. The number of benzene rings is 2. The molecule has 0 bridgehead atoms. The summed E-state index contributed by atoms with van der Waals surface area (Å²) < 4.78 is 0. The number of anilines is 1. The van der Waals surface area contributed by atoms with Gasteiger partial charge >= 0.3 is 0 Å². The van der Waals surface area contributed by atoms with Crippen molar-refractivity contribution >= 4 is 46.1 Å². The molecule has 1 aromatic heterocycles. The molecule has 0 spiro atoms. The van der Waals surface area contributed by atoms with Crippen LogP contribution in [0.4, 0.5) is 5.95 Å². The van der Waals surface area contributed by atoms with E-state index in [0.717, 1.165) is 37.8 Å². The number of nitrogens with zero attached hydrogens (tertiary/aromatic N) is 2. The van der Waals surface area contributed by atoms with Crippen LogP contribution in [0.5, 0.6) is 0 Å². The lowest BCUT2D eigenvalue weighted by Crippen LogP contribution is -2.60. The summed E-state index contributed by atoms with van der Waals surface area (Å²) >= 11 is 7.63. The number of aryl methyl sites for hydroxylation is 2. The summed E-state index contributed by atoms with van der Waals surface area (Å²) in [6, 6.07) is 13.8. The number of halogens is 1. The summed E-state index contributed by atoms with van der Waals surface area (Å²) in [5.74, 6) is 1.26. The van der Waals surface area contributed by atoms with Gasteiger partial charge in [0, 0.05) is 33.5 Å². The molecular formula is C21H22ClN5OS. The second-order valence-electron chi connectivity index (χ2n) is 7.08. The van der Waals surface area contributed by atoms with Crippen LogP contribution in [0.2, 0.25) is 5.02 Å². The van der Waals surface area contributed by atoms with Gasteiger partial charge in [-0.3, -0.25) is 10.1 Å². The van der Waals surface area contributed by atoms with Crippen LogP contribution in [0.15, 0.2) is 47.4 Å². The number of hydrogen-bond acceptors (Lipinski definition) is 6. The standard InChI is InChI=1S/C21H22ClN5OS/c1-12-4-3-5-17-13(2)23-20(26-19(12)17)27-21-24-15(10-18(28)25-21)11-29-16-8-6-14(22)7-9-16/h3-9,15,21,24H,10-11H2,1-2H3,(H,25,28)(H,23,26,27). The molecule has 8 heteroatoms. The second-order valence-corrected chi connectivity index (χ2v) is 8.61. The number of amides is 1. The highest BCUT2D eigenvalue weighted by Crippen LogP contribution is 2.23. The SMILES string of the molecule is Cc1nc(NC2NC(=O)CC(CSc3ccc(Cl)cc3)N2)nc2c(C)cccc12. The van der Waals surface area contributed by atoms with Crippen LogP contribution in [-0.2, 0) is 4.79 Å². The van der Waals surface area contributed by atoms with E-state index < -0.39 is 6.29 Å². The molecular weight excluding hydrogens is 406 g/mol. The highest BCUT2D eigenvalue weighted by atomic mass is 35.5. The highest BCUT2D eigenvalue weighted by Gasteiger charge is 2.26. The molecule has 2 heterocycles. The lowest BCUT2D eigenvalue weighted by atomic mass is 10.1. The van der Waals surface area contributed by atoms with E-state index in [1.165, 1.54) is 0 Å². The number of thioether (sulfide) groups is 1. The number of carbonyl (C=O) groups excluding carboxylic acids is 1. The zero-order valence-corrected chi connectivity index (χ0v) is 17.8. The molecule has 6 nitrogen and oxygen atoms in total. The van der Waals surface area contributed by atoms with Crippen molar-refractivity contribution in [2.45, 2.75) is 37.5 Å². The summed E-state index contributed by atoms with van der Waals surface area (Å²) in [5, 5.41) is 11.3. The van der Waals surface area contributed by atoms with E-state index in [1.54, 1.807) is 11.8 Å². The van der Waals surface area contributed by atoms with E-state index in [1.807, 2.05) is 56.3 Å². The zero-order chi connectivity index (χ0) is 20.4. The molecule has 3 N–H and O–H groups in total. The fourth-order valence-corrected chi connectivity index (χ4v) is 4.40. The van der Waals surface area contributed by atoms with Crippen LogP contribution >= 0.6 is 23.4 Å². The number of fused-ring (bicyclic) bond motifs is 1. The van der Waals surface area contributed by atoms with Gasteiger partial charge in [0.2, 0.25) is 11.9 Å². The average Bonchev–Trinajstić information content (AvgIpc) is 2.68. The maximum Gasteiger partial charge on any atom is 0.226 e. The fraction of sp³-hybridized carbons (Fsp3) is 0.286. The topological polar surface area (TPSA) is 78.9 Å². The Morgan fingerprint density at radius 2 is 1.97 bits per heavy atom. The van der Waals surface area contributed by atoms with E-state index in [9.17, 15) is 4.79 Å². The van der Waals surface area contributed by atoms with Crippen LogP contribution in [0.25, 0.3) is 10.9 Å². The minimum absolute atomic E-state index is 0.00310. The third-order valence-electron chi connectivity index (χ3n) is 4.80. The van der Waals surface area contributed by atoms with E-state index in [-0.39, 0.29) is 11.9 Å². The minimum atomic E-state index is -0.423. The van der Waals surface area contributed by atoms with E-state index in [4.69, 9.17) is 11.6 Å². The van der Waals surface area contributed by atoms with Crippen LogP contribution in [0.3, 0.4) is 0 Å². The van der Waals surface area contributed by atoms with Crippen LogP contribution < -0.4 is 16.0 Å². The Labute approximate surface area is 178 Å². The van der Waals surface area contributed by atoms with Gasteiger partial charge < -0.3 is 10.6 Å². The van der Waals surface area contributed by atoms with E-state index >= 15 is 0 Å². The fourth-order valence-electron chi connectivity index (χ4n) is 3.34. The highest BCUT2D eigenvalue weighted by molar-refractivity contribution is 7.99. The molecule has 29 heavy (non-hydrogen) atoms. The average molecular weight is 428 g/mol. The first-order chi connectivity index (χ1) is 14.0. The van der Waals surface area contributed by atoms with Gasteiger partial charge in [0.15, 0.2) is 6.29 Å². The largest absolute Gasteiger partial charge is 0.323 e. The maximum absolute atomic E-state index is 12.2. The molecule has 2 unspecified atom stereocenters. The molecule has 1 amide bonds. The molecule has 0 aliphatic carbocycles. The minimum Gasteiger partial charge on any atom is -0.323 e. The quantitative estimate of drug-likeness (QED) is 0.536. The van der Waals surface area contributed by atoms with Crippen molar-refractivity contribution in [3.63, 3.8) is 0 Å². The lowest BCUT2D eigenvalue weighted by molar-refractivity contribution is -0.123. The molecule has 150 valence electrons. The van der Waals surface area contributed by atoms with Gasteiger partial charge in [-0.25, -0.2) is 9.97 Å². The van der Waals surface area contributed by atoms with E-state index in [0.29, 0.717) is 12.4 Å². The number of nitrogens with one attached hydrogen (secondary N) is 3. The van der Waals surface area contributed by atoms with Crippen molar-refractivity contribution in [3.8, 4) is 0 Å². The smallest absolute Gasteiger partial charge is 0.226 e. The molecule has 0 saturated carbocycles. The molecule has 2 atom stereocenters. The second kappa shape index (κ2) is 8.57. The number of hydrogen-bond donors (Lipinski definition) is 3. The molecule has 4 rings (SSSR count). The number of para-hydroxylation sites is 1. The number of rotatable bonds is 5. The summed E-state index contributed by atoms with van der Waals surface area (Å²) in [4.78, 5) is 22.5. The Hall–Kier alpha value is -2.35. The molecule has 1 aliphatic heterocycles. The first kappa shape index (κ1) is 19.9. The molecule has 1 saturated heterocycles. The Morgan fingerprint density at radius 1 is 1.17 bits per heavy atom. The van der Waals surface area contributed by atoms with Crippen LogP contribution in [-0.4, -0.2) is 34.0 Å². The third kappa shape index (κ3) is 4.80. The van der Waals surface area contributed by atoms with Crippen molar-refractivity contribution in [2.75, 3.05) is 11.1 Å². The van der Waals surface area contributed by atoms with Gasteiger partial charge in [0.05, 0.1) is 11.2 Å². The summed E-state index contributed by atoms with van der Waals surface area (Å²) in [6.45, 7) is 4.00. The van der Waals surface area contributed by atoms with Crippen molar-refractivity contribution in [1.29, 1.82) is 0 Å². The summed E-state index contributed by atoms with van der Waals surface area (Å²) in [5.41, 5.74) is 2.91. The van der Waals surface area contributed by atoms with Gasteiger partial charge in [0.1, 0.15) is 0 Å². The van der Waals surface area contributed by atoms with Crippen molar-refractivity contribution in [2.24, 2.45) is 0 Å².